The molecule has 0 amide bonds. The standard InChI is InChI=1S/C10H17N3O3/c1-10(2,14-3)9-12-8(13-16-9)7-6-15-5-4-11-7/h7,11H,4-6H2,1-3H3. The molecule has 1 aliphatic heterocycles. The summed E-state index contributed by atoms with van der Waals surface area (Å²) in [7, 11) is 1.62. The third-order valence-corrected chi connectivity index (χ3v) is 2.70. The van der Waals surface area contributed by atoms with E-state index in [4.69, 9.17) is 14.0 Å². The summed E-state index contributed by atoms with van der Waals surface area (Å²) in [5.41, 5.74) is -0.555. The van der Waals surface area contributed by atoms with E-state index in [1.165, 1.54) is 0 Å². The largest absolute Gasteiger partial charge is 0.378 e. The molecule has 1 aromatic heterocycles. The summed E-state index contributed by atoms with van der Waals surface area (Å²) in [4.78, 5) is 4.33. The normalized spacial score (nSPS) is 22.3. The highest BCUT2D eigenvalue weighted by Crippen LogP contribution is 2.23. The minimum absolute atomic E-state index is 0.0129. The van der Waals surface area contributed by atoms with Crippen LogP contribution in [0.4, 0.5) is 0 Å². The number of hydrogen-bond donors (Lipinski definition) is 1. The van der Waals surface area contributed by atoms with Crippen LogP contribution < -0.4 is 5.32 Å². The van der Waals surface area contributed by atoms with Gasteiger partial charge in [0, 0.05) is 13.7 Å². The van der Waals surface area contributed by atoms with E-state index in [2.05, 4.69) is 15.5 Å². The smallest absolute Gasteiger partial charge is 0.258 e. The van der Waals surface area contributed by atoms with Crippen molar-refractivity contribution in [3.63, 3.8) is 0 Å². The van der Waals surface area contributed by atoms with E-state index < -0.39 is 5.60 Å². The van der Waals surface area contributed by atoms with Gasteiger partial charge in [-0.1, -0.05) is 5.16 Å². The molecule has 0 aromatic carbocycles. The van der Waals surface area contributed by atoms with Crippen molar-refractivity contribution in [2.24, 2.45) is 0 Å². The average Bonchev–Trinajstić information content (AvgIpc) is 2.80. The molecule has 2 heterocycles. The predicted octanol–water partition coefficient (Wildman–Crippen LogP) is 0.612. The summed E-state index contributed by atoms with van der Waals surface area (Å²) in [6.45, 7) is 5.88. The molecule has 1 aliphatic rings. The van der Waals surface area contributed by atoms with Crippen LogP contribution >= 0.6 is 0 Å². The second-order valence-corrected chi connectivity index (χ2v) is 4.25. The van der Waals surface area contributed by atoms with Crippen molar-refractivity contribution in [1.82, 2.24) is 15.5 Å². The zero-order chi connectivity index (χ0) is 11.6. The van der Waals surface area contributed by atoms with Crippen LogP contribution in [-0.2, 0) is 15.1 Å². The zero-order valence-corrected chi connectivity index (χ0v) is 9.82. The van der Waals surface area contributed by atoms with Crippen LogP contribution in [0.3, 0.4) is 0 Å². The number of ether oxygens (including phenoxy) is 2. The minimum Gasteiger partial charge on any atom is -0.378 e. The molecule has 16 heavy (non-hydrogen) atoms. The maximum Gasteiger partial charge on any atom is 0.258 e. The Balaban J connectivity index is 2.12. The van der Waals surface area contributed by atoms with Crippen molar-refractivity contribution >= 4 is 0 Å². The minimum atomic E-state index is -0.555. The van der Waals surface area contributed by atoms with E-state index >= 15 is 0 Å². The van der Waals surface area contributed by atoms with E-state index in [1.54, 1.807) is 7.11 Å². The Morgan fingerprint density at radius 2 is 2.31 bits per heavy atom. The van der Waals surface area contributed by atoms with Crippen molar-refractivity contribution in [3.8, 4) is 0 Å². The van der Waals surface area contributed by atoms with Gasteiger partial charge in [0.05, 0.1) is 19.3 Å². The summed E-state index contributed by atoms with van der Waals surface area (Å²) in [5, 5.41) is 7.21. The lowest BCUT2D eigenvalue weighted by Gasteiger charge is -2.20. The van der Waals surface area contributed by atoms with Gasteiger partial charge in [0.2, 0.25) is 0 Å². The van der Waals surface area contributed by atoms with Crippen molar-refractivity contribution in [2.45, 2.75) is 25.5 Å². The van der Waals surface area contributed by atoms with Crippen LogP contribution in [0.25, 0.3) is 0 Å². The molecule has 0 bridgehead atoms. The highest BCUT2D eigenvalue weighted by atomic mass is 16.5. The van der Waals surface area contributed by atoms with Gasteiger partial charge in [0.25, 0.3) is 5.89 Å². The maximum atomic E-state index is 5.34. The van der Waals surface area contributed by atoms with Gasteiger partial charge in [-0.3, -0.25) is 0 Å². The lowest BCUT2D eigenvalue weighted by molar-refractivity contribution is -0.00787. The summed E-state index contributed by atoms with van der Waals surface area (Å²) < 4.78 is 15.8. The molecule has 1 saturated heterocycles. The second kappa shape index (κ2) is 4.48. The molecule has 0 spiro atoms. The monoisotopic (exact) mass is 227 g/mol. The SMILES string of the molecule is COC(C)(C)c1nc(C2COCCN2)no1. The lowest BCUT2D eigenvalue weighted by Crippen LogP contribution is -2.35. The predicted molar refractivity (Wildman–Crippen MR) is 55.9 cm³/mol. The number of nitrogens with one attached hydrogen (secondary N) is 1. The van der Waals surface area contributed by atoms with Crippen molar-refractivity contribution in [1.29, 1.82) is 0 Å². The first-order chi connectivity index (χ1) is 7.63. The van der Waals surface area contributed by atoms with Crippen LogP contribution in [0, 0.1) is 0 Å². The van der Waals surface area contributed by atoms with E-state index in [-0.39, 0.29) is 6.04 Å². The highest BCUT2D eigenvalue weighted by molar-refractivity contribution is 5.00. The van der Waals surface area contributed by atoms with E-state index in [9.17, 15) is 0 Å². The van der Waals surface area contributed by atoms with Gasteiger partial charge in [-0.25, -0.2) is 0 Å². The number of morpholine rings is 1. The first-order valence-corrected chi connectivity index (χ1v) is 5.34. The van der Waals surface area contributed by atoms with E-state index in [1.807, 2.05) is 13.8 Å². The van der Waals surface area contributed by atoms with Gasteiger partial charge in [0.15, 0.2) is 5.82 Å². The molecule has 1 unspecified atom stereocenters. The van der Waals surface area contributed by atoms with Crippen LogP contribution in [0.5, 0.6) is 0 Å². The Hall–Kier alpha value is -0.980. The van der Waals surface area contributed by atoms with Gasteiger partial charge in [-0.15, -0.1) is 0 Å². The number of nitrogens with zero attached hydrogens (tertiary/aromatic N) is 2. The van der Waals surface area contributed by atoms with Crippen LogP contribution in [-0.4, -0.2) is 37.0 Å². The third kappa shape index (κ3) is 2.23. The highest BCUT2D eigenvalue weighted by Gasteiger charge is 2.29. The van der Waals surface area contributed by atoms with Crippen LogP contribution in [0.1, 0.15) is 31.6 Å². The van der Waals surface area contributed by atoms with Gasteiger partial charge in [0.1, 0.15) is 5.60 Å². The molecular formula is C10H17N3O3. The Morgan fingerprint density at radius 1 is 1.50 bits per heavy atom. The Morgan fingerprint density at radius 3 is 2.94 bits per heavy atom. The Kier molecular flexibility index (Phi) is 3.22. The molecule has 6 nitrogen and oxygen atoms in total. The fourth-order valence-electron chi connectivity index (χ4n) is 1.44. The fraction of sp³-hybridized carbons (Fsp3) is 0.800. The van der Waals surface area contributed by atoms with Crippen molar-refractivity contribution < 1.29 is 14.0 Å². The second-order valence-electron chi connectivity index (χ2n) is 4.25. The molecule has 1 aromatic rings. The van der Waals surface area contributed by atoms with E-state index in [0.717, 1.165) is 13.2 Å². The van der Waals surface area contributed by atoms with Crippen molar-refractivity contribution in [3.05, 3.63) is 11.7 Å². The van der Waals surface area contributed by atoms with Crippen molar-refractivity contribution in [2.75, 3.05) is 26.9 Å². The van der Waals surface area contributed by atoms with Crippen LogP contribution in [0.15, 0.2) is 4.52 Å². The first-order valence-electron chi connectivity index (χ1n) is 5.34. The molecule has 2 rings (SSSR count). The van der Waals surface area contributed by atoms with Gasteiger partial charge in [-0.05, 0) is 13.8 Å². The number of rotatable bonds is 3. The maximum absolute atomic E-state index is 5.34. The molecule has 6 heteroatoms. The molecule has 90 valence electrons. The summed E-state index contributed by atoms with van der Waals surface area (Å²) >= 11 is 0. The molecule has 0 aliphatic carbocycles. The summed E-state index contributed by atoms with van der Waals surface area (Å²) in [6, 6.07) is 0.0129. The van der Waals surface area contributed by atoms with Crippen LogP contribution in [0.2, 0.25) is 0 Å². The molecule has 1 atom stereocenters. The topological polar surface area (TPSA) is 69.4 Å². The Labute approximate surface area is 94.3 Å². The molecule has 0 radical (unpaired) electrons. The van der Waals surface area contributed by atoms with E-state index in [0.29, 0.717) is 18.3 Å². The third-order valence-electron chi connectivity index (χ3n) is 2.70. The number of methoxy groups -OCH3 is 1. The quantitative estimate of drug-likeness (QED) is 0.816. The molecular weight excluding hydrogens is 210 g/mol. The number of aromatic nitrogens is 2. The zero-order valence-electron chi connectivity index (χ0n) is 9.82. The first kappa shape index (κ1) is 11.5. The fourth-order valence-corrected chi connectivity index (χ4v) is 1.44. The Bertz CT molecular complexity index is 345. The summed E-state index contributed by atoms with van der Waals surface area (Å²) in [6.07, 6.45) is 0. The lowest BCUT2D eigenvalue weighted by atomic mass is 10.1. The van der Waals surface area contributed by atoms with Gasteiger partial charge >= 0.3 is 0 Å². The summed E-state index contributed by atoms with van der Waals surface area (Å²) in [5.74, 6) is 1.11. The van der Waals surface area contributed by atoms with Gasteiger partial charge < -0.3 is 19.3 Å². The van der Waals surface area contributed by atoms with Gasteiger partial charge in [-0.2, -0.15) is 4.98 Å². The molecule has 1 fully saturated rings. The molecule has 0 saturated carbocycles. The molecule has 1 N–H and O–H groups in total. The average molecular weight is 227 g/mol. The number of hydrogen-bond acceptors (Lipinski definition) is 6.